The summed E-state index contributed by atoms with van der Waals surface area (Å²) < 4.78 is 5.99. The van der Waals surface area contributed by atoms with Crippen molar-refractivity contribution < 1.29 is 14.6 Å². The van der Waals surface area contributed by atoms with Gasteiger partial charge in [-0.3, -0.25) is 4.98 Å². The number of carbonyl (C=O) groups is 1. The summed E-state index contributed by atoms with van der Waals surface area (Å²) in [6, 6.07) is 24.5. The van der Waals surface area contributed by atoms with Crippen LogP contribution in [-0.4, -0.2) is 22.6 Å². The number of ether oxygens (including phenoxy) is 1. The van der Waals surface area contributed by atoms with Gasteiger partial charge in [-0.15, -0.1) is 0 Å². The number of carboxylic acid groups (broad SMARTS) is 1. The molecule has 5 rings (SSSR count). The average molecular weight is 465 g/mol. The molecule has 3 aromatic carbocycles. The third-order valence-corrected chi connectivity index (χ3v) is 6.63. The van der Waals surface area contributed by atoms with Crippen molar-refractivity contribution in [2.45, 2.75) is 32.2 Å². The van der Waals surface area contributed by atoms with Gasteiger partial charge in [-0.1, -0.05) is 42.5 Å². The van der Waals surface area contributed by atoms with Crippen LogP contribution in [0.4, 0.5) is 0 Å². The first-order valence-electron chi connectivity index (χ1n) is 11.9. The molecule has 1 aliphatic rings. The molecule has 176 valence electrons. The minimum atomic E-state index is -0.903. The Hall–Kier alpha value is -3.96. The van der Waals surface area contributed by atoms with Gasteiger partial charge in [-0.05, 0) is 96.4 Å². The van der Waals surface area contributed by atoms with Gasteiger partial charge in [0.1, 0.15) is 11.5 Å². The van der Waals surface area contributed by atoms with Crippen LogP contribution in [0.15, 0.2) is 85.2 Å². The van der Waals surface area contributed by atoms with E-state index in [1.54, 1.807) is 12.3 Å². The number of para-hydroxylation sites is 1. The molecule has 2 N–H and O–H groups in total. The number of aromatic nitrogens is 1. The van der Waals surface area contributed by atoms with Gasteiger partial charge in [0, 0.05) is 18.4 Å². The van der Waals surface area contributed by atoms with Crippen LogP contribution in [0.5, 0.6) is 11.5 Å². The van der Waals surface area contributed by atoms with Crippen LogP contribution < -0.4 is 10.1 Å². The topological polar surface area (TPSA) is 71.5 Å². The molecular weight excluding hydrogens is 436 g/mol. The molecule has 5 heteroatoms. The molecule has 35 heavy (non-hydrogen) atoms. The maximum Gasteiger partial charge on any atom is 0.336 e. The highest BCUT2D eigenvalue weighted by atomic mass is 16.5. The summed E-state index contributed by atoms with van der Waals surface area (Å²) >= 11 is 0. The van der Waals surface area contributed by atoms with Crippen molar-refractivity contribution in [3.05, 3.63) is 113 Å². The van der Waals surface area contributed by atoms with Gasteiger partial charge in [0.15, 0.2) is 0 Å². The number of benzene rings is 3. The van der Waals surface area contributed by atoms with E-state index in [-0.39, 0.29) is 6.04 Å². The first-order valence-corrected chi connectivity index (χ1v) is 11.9. The second kappa shape index (κ2) is 10.1. The summed E-state index contributed by atoms with van der Waals surface area (Å²) in [4.78, 5) is 15.7. The van der Waals surface area contributed by atoms with Gasteiger partial charge in [-0.25, -0.2) is 4.79 Å². The van der Waals surface area contributed by atoms with Crippen LogP contribution in [0, 0.1) is 6.92 Å². The molecule has 0 unspecified atom stereocenters. The summed E-state index contributed by atoms with van der Waals surface area (Å²) in [6.07, 6.45) is 5.66. The van der Waals surface area contributed by atoms with E-state index < -0.39 is 5.97 Å². The van der Waals surface area contributed by atoms with E-state index in [1.807, 2.05) is 36.4 Å². The zero-order valence-electron chi connectivity index (χ0n) is 19.7. The Morgan fingerprint density at radius 2 is 1.91 bits per heavy atom. The maximum absolute atomic E-state index is 11.5. The first kappa shape index (κ1) is 22.8. The van der Waals surface area contributed by atoms with Crippen LogP contribution in [0.2, 0.25) is 0 Å². The average Bonchev–Trinajstić information content (AvgIpc) is 2.88. The Bertz CT molecular complexity index is 1350. The van der Waals surface area contributed by atoms with Crippen molar-refractivity contribution in [1.82, 2.24) is 10.3 Å². The number of pyridine rings is 1. The van der Waals surface area contributed by atoms with Crippen molar-refractivity contribution in [3.63, 3.8) is 0 Å². The highest BCUT2D eigenvalue weighted by Crippen LogP contribution is 2.34. The Balaban J connectivity index is 1.34. The monoisotopic (exact) mass is 464 g/mol. The molecule has 0 amide bonds. The molecule has 0 bridgehead atoms. The van der Waals surface area contributed by atoms with Crippen molar-refractivity contribution in [1.29, 1.82) is 0 Å². The predicted octanol–water partition coefficient (Wildman–Crippen LogP) is 6.37. The van der Waals surface area contributed by atoms with Crippen LogP contribution in [-0.2, 0) is 12.8 Å². The van der Waals surface area contributed by atoms with Crippen LogP contribution >= 0.6 is 0 Å². The molecule has 4 aromatic rings. The number of aryl methyl sites for hydroxylation is 2. The minimum absolute atomic E-state index is 0.192. The van der Waals surface area contributed by atoms with Gasteiger partial charge in [0.2, 0.25) is 0 Å². The lowest BCUT2D eigenvalue weighted by Crippen LogP contribution is -2.30. The van der Waals surface area contributed by atoms with Gasteiger partial charge in [-0.2, -0.15) is 0 Å². The number of aromatic carboxylic acids is 1. The van der Waals surface area contributed by atoms with E-state index in [2.05, 4.69) is 47.6 Å². The highest BCUT2D eigenvalue weighted by molar-refractivity contribution is 5.89. The standard InChI is InChI=1S/C30H28N2O3/c1-20-17-25(35-24-5-3-2-4-6-24)9-11-26(20)21-7-10-27-22(18-21)13-16-32-29(27)12-8-23-19-31-15-14-28(23)30(33)34/h2-7,9-11,14-15,17-19,29,32H,8,12-13,16H2,1H3,(H,33,34)/t29-/m1/s1. The van der Waals surface area contributed by atoms with Gasteiger partial charge in [0.05, 0.1) is 5.56 Å². The fraction of sp³-hybridized carbons (Fsp3) is 0.200. The second-order valence-electron chi connectivity index (χ2n) is 8.94. The van der Waals surface area contributed by atoms with E-state index in [0.29, 0.717) is 12.0 Å². The Kier molecular flexibility index (Phi) is 6.59. The van der Waals surface area contributed by atoms with Crippen LogP contribution in [0.25, 0.3) is 11.1 Å². The molecule has 0 fully saturated rings. The van der Waals surface area contributed by atoms with E-state index in [1.165, 1.54) is 34.0 Å². The van der Waals surface area contributed by atoms with Crippen molar-refractivity contribution in [3.8, 4) is 22.6 Å². The quantitative estimate of drug-likeness (QED) is 0.333. The van der Waals surface area contributed by atoms with Gasteiger partial charge in [0.25, 0.3) is 0 Å². The zero-order chi connectivity index (χ0) is 24.2. The first-order chi connectivity index (χ1) is 17.1. The third-order valence-electron chi connectivity index (χ3n) is 6.63. The summed E-state index contributed by atoms with van der Waals surface area (Å²) in [5.41, 5.74) is 7.32. The molecular formula is C30H28N2O3. The largest absolute Gasteiger partial charge is 0.478 e. The maximum atomic E-state index is 11.5. The third kappa shape index (κ3) is 5.10. The number of nitrogens with zero attached hydrogens (tertiary/aromatic N) is 1. The molecule has 0 radical (unpaired) electrons. The number of fused-ring (bicyclic) bond motifs is 1. The second-order valence-corrected chi connectivity index (χ2v) is 8.94. The number of nitrogens with one attached hydrogen (secondary N) is 1. The lowest BCUT2D eigenvalue weighted by atomic mass is 9.87. The molecule has 2 heterocycles. The molecule has 0 saturated heterocycles. The Morgan fingerprint density at radius 3 is 2.71 bits per heavy atom. The van der Waals surface area contributed by atoms with Crippen molar-refractivity contribution >= 4 is 5.97 Å². The van der Waals surface area contributed by atoms with Crippen LogP contribution in [0.3, 0.4) is 0 Å². The summed E-state index contributed by atoms with van der Waals surface area (Å²) in [6.45, 7) is 3.02. The van der Waals surface area contributed by atoms with E-state index >= 15 is 0 Å². The molecule has 1 aromatic heterocycles. The lowest BCUT2D eigenvalue weighted by Gasteiger charge is -2.28. The molecule has 1 aliphatic heterocycles. The smallest absolute Gasteiger partial charge is 0.336 e. The number of carboxylic acids is 1. The van der Waals surface area contributed by atoms with Gasteiger partial charge < -0.3 is 15.2 Å². The van der Waals surface area contributed by atoms with E-state index in [0.717, 1.165) is 36.4 Å². The van der Waals surface area contributed by atoms with Crippen molar-refractivity contribution in [2.24, 2.45) is 0 Å². The highest BCUT2D eigenvalue weighted by Gasteiger charge is 2.21. The molecule has 0 aliphatic carbocycles. The van der Waals surface area contributed by atoms with Gasteiger partial charge >= 0.3 is 5.97 Å². The van der Waals surface area contributed by atoms with E-state index in [4.69, 9.17) is 4.74 Å². The summed E-state index contributed by atoms with van der Waals surface area (Å²) in [5, 5.41) is 13.1. The Labute approximate surface area is 205 Å². The van der Waals surface area contributed by atoms with Crippen LogP contribution in [0.1, 0.15) is 45.1 Å². The minimum Gasteiger partial charge on any atom is -0.478 e. The normalized spacial score (nSPS) is 14.8. The summed E-state index contributed by atoms with van der Waals surface area (Å²) in [5.74, 6) is 0.754. The van der Waals surface area contributed by atoms with Crippen molar-refractivity contribution in [2.75, 3.05) is 6.54 Å². The number of rotatable bonds is 7. The predicted molar refractivity (Wildman–Crippen MR) is 137 cm³/mol. The fourth-order valence-corrected chi connectivity index (χ4v) is 4.86. The number of hydrogen-bond acceptors (Lipinski definition) is 4. The molecule has 0 spiro atoms. The van der Waals surface area contributed by atoms with E-state index in [9.17, 15) is 9.90 Å². The molecule has 0 saturated carbocycles. The summed E-state index contributed by atoms with van der Waals surface area (Å²) in [7, 11) is 0. The lowest BCUT2D eigenvalue weighted by molar-refractivity contribution is 0.0695. The molecule has 1 atom stereocenters. The number of hydrogen-bond donors (Lipinski definition) is 2. The fourth-order valence-electron chi connectivity index (χ4n) is 4.86. The zero-order valence-corrected chi connectivity index (χ0v) is 19.7. The SMILES string of the molecule is Cc1cc(Oc2ccccc2)ccc1-c1ccc2c(c1)CCN[C@@H]2CCc1cnccc1C(=O)O. The Morgan fingerprint density at radius 1 is 1.06 bits per heavy atom. The molecule has 5 nitrogen and oxygen atoms in total.